The van der Waals surface area contributed by atoms with E-state index in [0.29, 0.717) is 45.1 Å². The topological polar surface area (TPSA) is 67.9 Å². The number of carbonyl (C=O) groups is 2. The van der Waals surface area contributed by atoms with Gasteiger partial charge in [-0.1, -0.05) is 24.8 Å². The predicted molar refractivity (Wildman–Crippen MR) is 142 cm³/mol. The maximum absolute atomic E-state index is 13.5. The first kappa shape index (κ1) is 24.6. The van der Waals surface area contributed by atoms with E-state index in [2.05, 4.69) is 12.3 Å². The molecule has 5 fully saturated rings. The highest BCUT2D eigenvalue weighted by Crippen LogP contribution is 2.60. The van der Waals surface area contributed by atoms with E-state index in [-0.39, 0.29) is 23.3 Å². The Labute approximate surface area is 217 Å². The van der Waals surface area contributed by atoms with E-state index in [1.807, 2.05) is 32.0 Å². The van der Waals surface area contributed by atoms with Gasteiger partial charge in [0.1, 0.15) is 0 Å². The van der Waals surface area contributed by atoms with Gasteiger partial charge in [0.25, 0.3) is 5.91 Å². The molecule has 1 heterocycles. The second-order valence-electron chi connectivity index (χ2n) is 10.6. The molecule has 0 aromatic heterocycles. The fraction of sp³-hybridized carbons (Fsp3) is 0.593. The number of carbonyl (C=O) groups excluding carboxylic acids is 2. The van der Waals surface area contributed by atoms with Crippen LogP contribution < -0.4 is 14.9 Å². The lowest BCUT2D eigenvalue weighted by atomic mass is 9.49. The summed E-state index contributed by atoms with van der Waals surface area (Å²) in [5.74, 6) is 3.00. The number of rotatable bonds is 8. The summed E-state index contributed by atoms with van der Waals surface area (Å²) in [5.41, 5.74) is 3.40. The van der Waals surface area contributed by atoms with Crippen molar-refractivity contribution in [1.29, 1.82) is 0 Å². The predicted octanol–water partition coefficient (Wildman–Crippen LogP) is 5.71. The second-order valence-corrected chi connectivity index (χ2v) is 12.3. The van der Waals surface area contributed by atoms with Crippen molar-refractivity contribution < 1.29 is 19.1 Å². The average Bonchev–Trinajstić information content (AvgIpc) is 3.07. The van der Waals surface area contributed by atoms with Crippen LogP contribution in [-0.2, 0) is 9.59 Å². The Kier molecular flexibility index (Phi) is 6.87. The summed E-state index contributed by atoms with van der Waals surface area (Å²) in [6, 6.07) is 5.65. The molecular weight excluding hydrogens is 480 g/mol. The lowest BCUT2D eigenvalue weighted by molar-refractivity contribution is -0.152. The molecule has 6 nitrogen and oxygen atoms in total. The van der Waals surface area contributed by atoms with Crippen LogP contribution in [0.3, 0.4) is 0 Å². The molecule has 1 saturated heterocycles. The number of nitrogens with zero attached hydrogens (tertiary/aromatic N) is 1. The van der Waals surface area contributed by atoms with Crippen molar-refractivity contribution >= 4 is 46.2 Å². The van der Waals surface area contributed by atoms with Crippen LogP contribution in [0.2, 0.25) is 0 Å². The number of hydrazine groups is 1. The zero-order chi connectivity index (χ0) is 24.7. The SMILES string of the molecule is CCOc1cc(/C=C2/SC(=S)N(NC(=O)C34CC5CC(CC(C5)C3)C4)C2=O)ccc1O[C@H](C)CC. The van der Waals surface area contributed by atoms with E-state index in [9.17, 15) is 9.59 Å². The molecule has 1 atom stereocenters. The molecule has 4 saturated carbocycles. The van der Waals surface area contributed by atoms with E-state index >= 15 is 0 Å². The molecule has 1 aliphatic heterocycles. The summed E-state index contributed by atoms with van der Waals surface area (Å²) in [6.45, 7) is 6.53. The summed E-state index contributed by atoms with van der Waals surface area (Å²) in [7, 11) is 0. The molecule has 0 radical (unpaired) electrons. The van der Waals surface area contributed by atoms with Gasteiger partial charge < -0.3 is 9.47 Å². The fourth-order valence-electron chi connectivity index (χ4n) is 6.60. The number of hydrogen-bond acceptors (Lipinski definition) is 6. The largest absolute Gasteiger partial charge is 0.490 e. The van der Waals surface area contributed by atoms with Crippen molar-refractivity contribution in [3.63, 3.8) is 0 Å². The maximum Gasteiger partial charge on any atom is 0.285 e. The monoisotopic (exact) mass is 514 g/mol. The molecule has 35 heavy (non-hydrogen) atoms. The molecule has 188 valence electrons. The Hall–Kier alpha value is -2.06. The molecule has 0 spiro atoms. The molecule has 4 aliphatic carbocycles. The van der Waals surface area contributed by atoms with Gasteiger partial charge in [-0.15, -0.1) is 0 Å². The zero-order valence-electron chi connectivity index (χ0n) is 20.7. The summed E-state index contributed by atoms with van der Waals surface area (Å²) in [5, 5.41) is 1.27. The Morgan fingerprint density at radius 1 is 1.20 bits per heavy atom. The number of benzene rings is 1. The van der Waals surface area contributed by atoms with Gasteiger partial charge in [-0.25, -0.2) is 0 Å². The van der Waals surface area contributed by atoms with Gasteiger partial charge in [0, 0.05) is 0 Å². The van der Waals surface area contributed by atoms with Crippen molar-refractivity contribution in [2.45, 2.75) is 71.8 Å². The molecule has 1 aromatic rings. The molecule has 1 N–H and O–H groups in total. The van der Waals surface area contributed by atoms with Crippen LogP contribution in [0.1, 0.15) is 71.3 Å². The van der Waals surface area contributed by atoms with Crippen LogP contribution >= 0.6 is 24.0 Å². The average molecular weight is 515 g/mol. The van der Waals surface area contributed by atoms with E-state index in [1.165, 1.54) is 36.0 Å². The minimum Gasteiger partial charge on any atom is -0.490 e. The normalized spacial score (nSPS) is 31.2. The van der Waals surface area contributed by atoms with Gasteiger partial charge in [-0.2, -0.15) is 5.01 Å². The maximum atomic E-state index is 13.5. The zero-order valence-corrected chi connectivity index (χ0v) is 22.3. The summed E-state index contributed by atoms with van der Waals surface area (Å²) in [6.07, 6.45) is 9.40. The highest BCUT2D eigenvalue weighted by atomic mass is 32.2. The lowest BCUT2D eigenvalue weighted by Gasteiger charge is -2.55. The first-order valence-corrected chi connectivity index (χ1v) is 14.0. The standard InChI is InChI=1S/C27H34N2O4S2/c1-4-16(3)33-21-7-6-17(11-22(21)32-5-2)12-23-24(30)29(26(34)35-23)28-25(31)27-13-18-8-19(14-27)10-20(9-18)15-27/h6-7,11-12,16,18-20H,4-5,8-10,13-15H2,1-3H3,(H,28,31)/b23-12+/t16-,18?,19?,20?,27?/m1/s1. The molecular formula is C27H34N2O4S2. The molecule has 1 aromatic carbocycles. The number of thioether (sulfide) groups is 1. The van der Waals surface area contributed by atoms with Gasteiger partial charge in [0.2, 0.25) is 5.91 Å². The van der Waals surface area contributed by atoms with Crippen molar-refractivity contribution in [1.82, 2.24) is 10.4 Å². The van der Waals surface area contributed by atoms with Crippen LogP contribution in [0.5, 0.6) is 11.5 Å². The van der Waals surface area contributed by atoms with E-state index in [0.717, 1.165) is 31.2 Å². The third-order valence-corrected chi connectivity index (χ3v) is 9.30. The van der Waals surface area contributed by atoms with Gasteiger partial charge in [-0.05, 0) is 113 Å². The second kappa shape index (κ2) is 9.77. The van der Waals surface area contributed by atoms with Gasteiger partial charge in [0.15, 0.2) is 15.8 Å². The van der Waals surface area contributed by atoms with Crippen LogP contribution in [0, 0.1) is 23.2 Å². The molecule has 6 rings (SSSR count). The Balaban J connectivity index is 1.31. The number of thiocarbonyl (C=S) groups is 1. The van der Waals surface area contributed by atoms with Gasteiger partial charge in [-0.3, -0.25) is 15.0 Å². The van der Waals surface area contributed by atoms with Crippen molar-refractivity contribution in [3.05, 3.63) is 28.7 Å². The highest BCUT2D eigenvalue weighted by Gasteiger charge is 2.55. The van der Waals surface area contributed by atoms with Gasteiger partial charge in [0.05, 0.1) is 23.0 Å². The first-order valence-electron chi connectivity index (χ1n) is 12.8. The Bertz CT molecular complexity index is 1030. The highest BCUT2D eigenvalue weighted by molar-refractivity contribution is 8.26. The number of nitrogens with one attached hydrogen (secondary N) is 1. The van der Waals surface area contributed by atoms with Crippen LogP contribution in [0.25, 0.3) is 6.08 Å². The van der Waals surface area contributed by atoms with Crippen LogP contribution in [-0.4, -0.2) is 33.9 Å². The molecule has 4 bridgehead atoms. The smallest absolute Gasteiger partial charge is 0.285 e. The fourth-order valence-corrected chi connectivity index (χ4v) is 7.78. The lowest BCUT2D eigenvalue weighted by Crippen LogP contribution is -2.57. The third kappa shape index (κ3) is 4.84. The summed E-state index contributed by atoms with van der Waals surface area (Å²) in [4.78, 5) is 27.2. The van der Waals surface area contributed by atoms with E-state index in [4.69, 9.17) is 21.7 Å². The molecule has 2 amide bonds. The molecule has 8 heteroatoms. The third-order valence-electron chi connectivity index (χ3n) is 8.00. The van der Waals surface area contributed by atoms with Crippen LogP contribution in [0.15, 0.2) is 23.1 Å². The molecule has 0 unspecified atom stereocenters. The summed E-state index contributed by atoms with van der Waals surface area (Å²) < 4.78 is 12.1. The Morgan fingerprint density at radius 2 is 1.86 bits per heavy atom. The van der Waals surface area contributed by atoms with Crippen molar-refractivity contribution in [2.24, 2.45) is 23.2 Å². The summed E-state index contributed by atoms with van der Waals surface area (Å²) >= 11 is 6.70. The Morgan fingerprint density at radius 3 is 2.46 bits per heavy atom. The minimum absolute atomic E-state index is 0.0284. The van der Waals surface area contributed by atoms with E-state index < -0.39 is 0 Å². The number of hydrogen-bond donors (Lipinski definition) is 1. The van der Waals surface area contributed by atoms with Crippen LogP contribution in [0.4, 0.5) is 0 Å². The van der Waals surface area contributed by atoms with E-state index in [1.54, 1.807) is 6.08 Å². The quantitative estimate of drug-likeness (QED) is 0.354. The first-order chi connectivity index (χ1) is 16.8. The van der Waals surface area contributed by atoms with Crippen molar-refractivity contribution in [3.8, 4) is 11.5 Å². The molecule has 5 aliphatic rings. The minimum atomic E-state index is -0.334. The number of ether oxygens (including phenoxy) is 2. The number of amides is 2. The van der Waals surface area contributed by atoms with Gasteiger partial charge >= 0.3 is 0 Å². The van der Waals surface area contributed by atoms with Crippen molar-refractivity contribution in [2.75, 3.05) is 6.61 Å².